The molecule has 0 amide bonds. The van der Waals surface area contributed by atoms with Crippen molar-refractivity contribution in [2.45, 2.75) is 35.3 Å². The van der Waals surface area contributed by atoms with Gasteiger partial charge in [0.15, 0.2) is 0 Å². The molecule has 1 aromatic carbocycles. The lowest BCUT2D eigenvalue weighted by atomic mass is 10.2. The average Bonchev–Trinajstić information content (AvgIpc) is 3.29. The maximum Gasteiger partial charge on any atom is 0.267 e. The number of halogens is 1. The van der Waals surface area contributed by atoms with Crippen molar-refractivity contribution in [1.82, 2.24) is 14.0 Å². The fraction of sp³-hybridized carbons (Fsp3) is 0.227. The predicted octanol–water partition coefficient (Wildman–Crippen LogP) is 2.79. The molecule has 4 heterocycles. The molecule has 1 saturated heterocycles. The predicted molar refractivity (Wildman–Crippen MR) is 119 cm³/mol. The van der Waals surface area contributed by atoms with Crippen LogP contribution in [0, 0.1) is 5.41 Å². The Morgan fingerprint density at radius 1 is 1.19 bits per heavy atom. The van der Waals surface area contributed by atoms with E-state index in [-0.39, 0.29) is 39.0 Å². The highest BCUT2D eigenvalue weighted by atomic mass is 35.5. The second kappa shape index (κ2) is 7.84. The number of nitrogens with zero attached hydrogens (tertiary/aromatic N) is 3. The first-order valence-electron chi connectivity index (χ1n) is 10.1. The van der Waals surface area contributed by atoms with Crippen LogP contribution in [0.25, 0.3) is 16.7 Å². The summed E-state index contributed by atoms with van der Waals surface area (Å²) in [5, 5.41) is 9.29. The second-order valence-corrected chi connectivity index (χ2v) is 10.00. The minimum Gasteiger partial charge on any atom is -0.376 e. The van der Waals surface area contributed by atoms with Gasteiger partial charge in [-0.1, -0.05) is 17.7 Å². The van der Waals surface area contributed by atoms with Crippen molar-refractivity contribution in [2.24, 2.45) is 0 Å². The number of benzene rings is 1. The van der Waals surface area contributed by atoms with Gasteiger partial charge in [-0.05, 0) is 55.3 Å². The third-order valence-corrected chi connectivity index (χ3v) is 7.64. The van der Waals surface area contributed by atoms with Gasteiger partial charge in [0.1, 0.15) is 21.7 Å². The second-order valence-electron chi connectivity index (χ2n) is 7.64. The summed E-state index contributed by atoms with van der Waals surface area (Å²) in [7, 11) is -4.09. The van der Waals surface area contributed by atoms with Gasteiger partial charge in [-0.15, -0.1) is 0 Å². The van der Waals surface area contributed by atoms with Gasteiger partial charge in [-0.2, -0.15) is 0 Å². The zero-order chi connectivity index (χ0) is 22.5. The SMILES string of the molecule is N=c1c(S(=O)(=O)c2ccc(Cl)cc2)cc2c(=O)n3ccccc3nc2n1C[C@@H]1CCCO1. The molecule has 5 rings (SSSR count). The molecular weight excluding hydrogens is 452 g/mol. The number of hydrogen-bond donors (Lipinski definition) is 1. The van der Waals surface area contributed by atoms with Crippen molar-refractivity contribution in [3.05, 3.63) is 75.6 Å². The van der Waals surface area contributed by atoms with Crippen molar-refractivity contribution in [3.63, 3.8) is 0 Å². The molecule has 0 aliphatic carbocycles. The molecule has 8 nitrogen and oxygen atoms in total. The number of hydrogen-bond acceptors (Lipinski definition) is 6. The summed E-state index contributed by atoms with van der Waals surface area (Å²) < 4.78 is 35.4. The maximum absolute atomic E-state index is 13.4. The van der Waals surface area contributed by atoms with Crippen molar-refractivity contribution in [1.29, 1.82) is 5.41 Å². The molecule has 0 saturated carbocycles. The Morgan fingerprint density at radius 2 is 1.97 bits per heavy atom. The topological polar surface area (TPSA) is 107 Å². The first kappa shape index (κ1) is 20.9. The molecule has 1 aliphatic heterocycles. The van der Waals surface area contributed by atoms with Crippen LogP contribution in [0.1, 0.15) is 12.8 Å². The molecule has 32 heavy (non-hydrogen) atoms. The number of fused-ring (bicyclic) bond motifs is 2. The van der Waals surface area contributed by atoms with Gasteiger partial charge in [0, 0.05) is 17.8 Å². The Bertz CT molecular complexity index is 1570. The van der Waals surface area contributed by atoms with Gasteiger partial charge in [0.25, 0.3) is 5.56 Å². The molecule has 1 fully saturated rings. The number of aromatic nitrogens is 3. The van der Waals surface area contributed by atoms with Gasteiger partial charge in [0.05, 0.1) is 22.9 Å². The summed E-state index contributed by atoms with van der Waals surface area (Å²) >= 11 is 5.91. The molecule has 0 radical (unpaired) electrons. The normalized spacial score (nSPS) is 16.7. The number of ether oxygens (including phenoxy) is 1. The van der Waals surface area contributed by atoms with Crippen LogP contribution < -0.4 is 11.0 Å². The van der Waals surface area contributed by atoms with Gasteiger partial charge in [-0.25, -0.2) is 13.4 Å². The highest BCUT2D eigenvalue weighted by molar-refractivity contribution is 7.91. The van der Waals surface area contributed by atoms with Crippen molar-refractivity contribution in [2.75, 3.05) is 6.61 Å². The van der Waals surface area contributed by atoms with Crippen molar-refractivity contribution < 1.29 is 13.2 Å². The monoisotopic (exact) mass is 470 g/mol. The third-order valence-electron chi connectivity index (χ3n) is 5.61. The highest BCUT2D eigenvalue weighted by Crippen LogP contribution is 2.23. The Hall–Kier alpha value is -3.01. The Kier molecular flexibility index (Phi) is 5.11. The number of pyridine rings is 2. The van der Waals surface area contributed by atoms with Crippen LogP contribution in [-0.4, -0.2) is 35.1 Å². The van der Waals surface area contributed by atoms with Crippen LogP contribution in [0.3, 0.4) is 0 Å². The van der Waals surface area contributed by atoms with Crippen LogP contribution in [0.4, 0.5) is 0 Å². The van der Waals surface area contributed by atoms with E-state index in [9.17, 15) is 13.2 Å². The molecule has 4 aromatic rings. The average molecular weight is 471 g/mol. The summed E-state index contributed by atoms with van der Waals surface area (Å²) in [6.45, 7) is 0.840. The molecule has 0 bridgehead atoms. The van der Waals surface area contributed by atoms with E-state index in [1.165, 1.54) is 39.3 Å². The van der Waals surface area contributed by atoms with E-state index in [4.69, 9.17) is 21.7 Å². The first-order chi connectivity index (χ1) is 15.4. The lowest BCUT2D eigenvalue weighted by Gasteiger charge is -2.17. The van der Waals surface area contributed by atoms with E-state index in [1.54, 1.807) is 24.4 Å². The van der Waals surface area contributed by atoms with E-state index in [2.05, 4.69) is 4.98 Å². The standard InChI is InChI=1S/C22H19ClN4O4S/c23-14-6-8-16(9-7-14)32(29,30)18-12-17-21(25-19-5-1-2-10-26(19)22(17)28)27(20(18)24)13-15-4-3-11-31-15/h1-2,5-10,12,15,24H,3-4,11,13H2/t15-/m0/s1. The summed E-state index contributed by atoms with van der Waals surface area (Å²) in [4.78, 5) is 17.6. The number of sulfone groups is 1. The van der Waals surface area contributed by atoms with E-state index in [0.29, 0.717) is 17.3 Å². The van der Waals surface area contributed by atoms with Gasteiger partial charge in [-0.3, -0.25) is 14.6 Å². The summed E-state index contributed by atoms with van der Waals surface area (Å²) in [6.07, 6.45) is 3.07. The zero-order valence-electron chi connectivity index (χ0n) is 16.9. The van der Waals surface area contributed by atoms with E-state index in [1.807, 2.05) is 0 Å². The van der Waals surface area contributed by atoms with Crippen LogP contribution in [0.2, 0.25) is 5.02 Å². The molecule has 3 aromatic heterocycles. The lowest BCUT2D eigenvalue weighted by Crippen LogP contribution is -2.33. The van der Waals surface area contributed by atoms with Crippen LogP contribution in [0.15, 0.2) is 69.3 Å². The van der Waals surface area contributed by atoms with Gasteiger partial charge >= 0.3 is 0 Å². The third kappa shape index (κ3) is 3.42. The van der Waals surface area contributed by atoms with Gasteiger partial charge < -0.3 is 9.30 Å². The van der Waals surface area contributed by atoms with Gasteiger partial charge in [0.2, 0.25) is 9.84 Å². The van der Waals surface area contributed by atoms with Crippen LogP contribution in [0.5, 0.6) is 0 Å². The molecule has 1 aliphatic rings. The Morgan fingerprint density at radius 3 is 2.69 bits per heavy atom. The van der Waals surface area contributed by atoms with Crippen LogP contribution in [-0.2, 0) is 21.1 Å². The molecule has 164 valence electrons. The van der Waals surface area contributed by atoms with E-state index >= 15 is 0 Å². The fourth-order valence-corrected chi connectivity index (χ4v) is 5.49. The fourth-order valence-electron chi connectivity index (χ4n) is 3.98. The van der Waals surface area contributed by atoms with E-state index in [0.717, 1.165) is 12.8 Å². The summed E-state index contributed by atoms with van der Waals surface area (Å²) in [6, 6.07) is 12.1. The zero-order valence-corrected chi connectivity index (χ0v) is 18.4. The first-order valence-corrected chi connectivity index (χ1v) is 11.9. The smallest absolute Gasteiger partial charge is 0.267 e. The summed E-state index contributed by atoms with van der Waals surface area (Å²) in [5.41, 5.74) is 0.0323. The minimum atomic E-state index is -4.09. The molecule has 1 N–H and O–H groups in total. The number of nitrogens with one attached hydrogen (secondary N) is 1. The number of rotatable bonds is 4. The lowest BCUT2D eigenvalue weighted by molar-refractivity contribution is 0.0965. The van der Waals surface area contributed by atoms with Crippen molar-refractivity contribution >= 4 is 38.1 Å². The molecule has 10 heteroatoms. The molecule has 0 spiro atoms. The quantitative estimate of drug-likeness (QED) is 0.461. The Labute approximate surface area is 188 Å². The van der Waals surface area contributed by atoms with E-state index < -0.39 is 15.4 Å². The highest BCUT2D eigenvalue weighted by Gasteiger charge is 2.26. The molecule has 1 atom stereocenters. The Balaban J connectivity index is 1.84. The minimum absolute atomic E-state index is 0.00716. The van der Waals surface area contributed by atoms with Crippen LogP contribution >= 0.6 is 11.6 Å². The molecule has 0 unspecified atom stereocenters. The maximum atomic E-state index is 13.4. The van der Waals surface area contributed by atoms with Crippen molar-refractivity contribution in [3.8, 4) is 0 Å². The molecular formula is C22H19ClN4O4S. The largest absolute Gasteiger partial charge is 0.376 e. The summed E-state index contributed by atoms with van der Waals surface area (Å²) in [5.74, 6) is 0.